The number of piperidine rings is 1. The van der Waals surface area contributed by atoms with E-state index in [0.29, 0.717) is 18.8 Å². The van der Waals surface area contributed by atoms with Crippen molar-refractivity contribution in [2.45, 2.75) is 32.6 Å². The minimum Gasteiger partial charge on any atom is -0.396 e. The van der Waals surface area contributed by atoms with Crippen molar-refractivity contribution in [2.24, 2.45) is 11.3 Å². The standard InChI is InChI=1S/C19H24ClFN2O3/c1-2-19(12-24)5-7-22(8-6-19)18(26)13-9-17(25)23(11-13)14-3-4-15(20)16(21)10-14/h3-4,10,13,24H,2,5-9,11-12H2,1H3. The third kappa shape index (κ3) is 3.58. The SMILES string of the molecule is CCC1(CO)CCN(C(=O)C2CC(=O)N(c3ccc(Cl)c(F)c3)C2)CC1. The van der Waals surface area contributed by atoms with Crippen LogP contribution >= 0.6 is 11.6 Å². The second-order valence-corrected chi connectivity index (χ2v) is 7.75. The van der Waals surface area contributed by atoms with E-state index in [0.717, 1.165) is 19.3 Å². The van der Waals surface area contributed by atoms with E-state index >= 15 is 0 Å². The lowest BCUT2D eigenvalue weighted by Gasteiger charge is -2.40. The molecule has 0 aromatic heterocycles. The number of anilines is 1. The lowest BCUT2D eigenvalue weighted by Crippen LogP contribution is -2.46. The van der Waals surface area contributed by atoms with E-state index < -0.39 is 11.7 Å². The van der Waals surface area contributed by atoms with Crippen LogP contribution in [-0.4, -0.2) is 48.1 Å². The van der Waals surface area contributed by atoms with Gasteiger partial charge in [-0.3, -0.25) is 9.59 Å². The highest BCUT2D eigenvalue weighted by atomic mass is 35.5. The van der Waals surface area contributed by atoms with Gasteiger partial charge in [-0.15, -0.1) is 0 Å². The monoisotopic (exact) mass is 382 g/mol. The summed E-state index contributed by atoms with van der Waals surface area (Å²) in [5, 5.41) is 9.62. The molecule has 2 fully saturated rings. The van der Waals surface area contributed by atoms with Crippen molar-refractivity contribution < 1.29 is 19.1 Å². The van der Waals surface area contributed by atoms with Crippen LogP contribution in [0.25, 0.3) is 0 Å². The quantitative estimate of drug-likeness (QED) is 0.871. The van der Waals surface area contributed by atoms with Crippen LogP contribution in [0.3, 0.4) is 0 Å². The summed E-state index contributed by atoms with van der Waals surface area (Å²) in [6.45, 7) is 3.67. The Morgan fingerprint density at radius 3 is 2.65 bits per heavy atom. The Labute approximate surface area is 157 Å². The fourth-order valence-corrected chi connectivity index (χ4v) is 3.98. The molecule has 0 aliphatic carbocycles. The maximum atomic E-state index is 13.7. The van der Waals surface area contributed by atoms with E-state index in [1.54, 1.807) is 11.0 Å². The van der Waals surface area contributed by atoms with Gasteiger partial charge in [-0.05, 0) is 42.9 Å². The third-order valence-electron chi connectivity index (χ3n) is 5.91. The van der Waals surface area contributed by atoms with Gasteiger partial charge in [0.1, 0.15) is 5.82 Å². The third-order valence-corrected chi connectivity index (χ3v) is 6.22. The number of hydrogen-bond donors (Lipinski definition) is 1. The molecule has 2 saturated heterocycles. The summed E-state index contributed by atoms with van der Waals surface area (Å²) in [5.41, 5.74) is 0.339. The highest BCUT2D eigenvalue weighted by Gasteiger charge is 2.40. The number of hydrogen-bond acceptors (Lipinski definition) is 3. The second-order valence-electron chi connectivity index (χ2n) is 7.34. The predicted octanol–water partition coefficient (Wildman–Crippen LogP) is 2.84. The van der Waals surface area contributed by atoms with Crippen LogP contribution in [0.5, 0.6) is 0 Å². The molecular weight excluding hydrogens is 359 g/mol. The molecule has 26 heavy (non-hydrogen) atoms. The topological polar surface area (TPSA) is 60.9 Å². The first-order valence-corrected chi connectivity index (χ1v) is 9.42. The van der Waals surface area contributed by atoms with Crippen LogP contribution in [0.4, 0.5) is 10.1 Å². The molecule has 0 radical (unpaired) electrons. The highest BCUT2D eigenvalue weighted by molar-refractivity contribution is 6.30. The van der Waals surface area contributed by atoms with Crippen LogP contribution in [0, 0.1) is 17.2 Å². The molecule has 0 saturated carbocycles. The maximum absolute atomic E-state index is 13.7. The van der Waals surface area contributed by atoms with Gasteiger partial charge in [0.15, 0.2) is 0 Å². The van der Waals surface area contributed by atoms with E-state index in [2.05, 4.69) is 6.92 Å². The Balaban J connectivity index is 1.65. The molecule has 142 valence electrons. The minimum absolute atomic E-state index is 0.00429. The fourth-order valence-electron chi connectivity index (χ4n) is 3.86. The highest BCUT2D eigenvalue weighted by Crippen LogP contribution is 2.35. The average molecular weight is 383 g/mol. The van der Waals surface area contributed by atoms with Crippen LogP contribution < -0.4 is 4.90 Å². The van der Waals surface area contributed by atoms with Crippen LogP contribution in [0.1, 0.15) is 32.6 Å². The van der Waals surface area contributed by atoms with Crippen molar-refractivity contribution in [1.82, 2.24) is 4.90 Å². The molecule has 1 unspecified atom stereocenters. The number of carbonyl (C=O) groups excluding carboxylic acids is 2. The Hall–Kier alpha value is -1.66. The minimum atomic E-state index is -0.581. The average Bonchev–Trinajstić information content (AvgIpc) is 3.05. The second kappa shape index (κ2) is 7.53. The number of carbonyl (C=O) groups is 2. The predicted molar refractivity (Wildman–Crippen MR) is 97.5 cm³/mol. The molecule has 2 heterocycles. The molecule has 3 rings (SSSR count). The van der Waals surface area contributed by atoms with Gasteiger partial charge in [0.25, 0.3) is 0 Å². The summed E-state index contributed by atoms with van der Waals surface area (Å²) in [7, 11) is 0. The molecule has 1 atom stereocenters. The maximum Gasteiger partial charge on any atom is 0.228 e. The van der Waals surface area contributed by atoms with E-state index in [1.807, 2.05) is 0 Å². The number of rotatable bonds is 4. The van der Waals surface area contributed by atoms with E-state index in [1.165, 1.54) is 17.0 Å². The van der Waals surface area contributed by atoms with Gasteiger partial charge in [-0.1, -0.05) is 18.5 Å². The molecule has 2 aliphatic heterocycles. The first-order chi connectivity index (χ1) is 12.4. The number of aliphatic hydroxyl groups is 1. The number of nitrogens with zero attached hydrogens (tertiary/aromatic N) is 2. The summed E-state index contributed by atoms with van der Waals surface area (Å²) in [5.74, 6) is -1.20. The molecule has 1 aromatic carbocycles. The molecule has 0 spiro atoms. The Bertz CT molecular complexity index is 698. The van der Waals surface area contributed by atoms with Crippen LogP contribution in [0.2, 0.25) is 5.02 Å². The molecule has 1 N–H and O–H groups in total. The zero-order valence-electron chi connectivity index (χ0n) is 14.9. The number of benzene rings is 1. The summed E-state index contributed by atoms with van der Waals surface area (Å²) >= 11 is 5.69. The molecular formula is C19H24ClFN2O3. The van der Waals surface area contributed by atoms with Gasteiger partial charge >= 0.3 is 0 Å². The number of halogens is 2. The zero-order chi connectivity index (χ0) is 18.9. The largest absolute Gasteiger partial charge is 0.396 e. The summed E-state index contributed by atoms with van der Waals surface area (Å²) in [4.78, 5) is 28.4. The van der Waals surface area contributed by atoms with Crippen LogP contribution in [-0.2, 0) is 9.59 Å². The summed E-state index contributed by atoms with van der Waals surface area (Å²) < 4.78 is 13.7. The molecule has 5 nitrogen and oxygen atoms in total. The first-order valence-electron chi connectivity index (χ1n) is 9.04. The molecule has 7 heteroatoms. The van der Waals surface area contributed by atoms with Crippen molar-refractivity contribution in [1.29, 1.82) is 0 Å². The van der Waals surface area contributed by atoms with Crippen molar-refractivity contribution in [2.75, 3.05) is 31.1 Å². The smallest absolute Gasteiger partial charge is 0.228 e. The van der Waals surface area contributed by atoms with Gasteiger partial charge < -0.3 is 14.9 Å². The van der Waals surface area contributed by atoms with Crippen LogP contribution in [0.15, 0.2) is 18.2 Å². The first kappa shape index (κ1) is 19.1. The van der Waals surface area contributed by atoms with E-state index in [4.69, 9.17) is 11.6 Å². The van der Waals surface area contributed by atoms with Gasteiger partial charge in [0.2, 0.25) is 11.8 Å². The lowest BCUT2D eigenvalue weighted by atomic mass is 9.77. The Kier molecular flexibility index (Phi) is 5.53. The van der Waals surface area contributed by atoms with Gasteiger partial charge in [-0.25, -0.2) is 4.39 Å². The summed E-state index contributed by atoms with van der Waals surface area (Å²) in [6, 6.07) is 4.23. The summed E-state index contributed by atoms with van der Waals surface area (Å²) in [6.07, 6.45) is 2.58. The number of aliphatic hydroxyl groups excluding tert-OH is 1. The van der Waals surface area contributed by atoms with Gasteiger partial charge in [0.05, 0.1) is 10.9 Å². The van der Waals surface area contributed by atoms with Gasteiger partial charge in [0, 0.05) is 38.3 Å². The number of likely N-dealkylation sites (tertiary alicyclic amines) is 1. The Morgan fingerprint density at radius 1 is 1.38 bits per heavy atom. The Morgan fingerprint density at radius 2 is 2.08 bits per heavy atom. The van der Waals surface area contributed by atoms with Crippen molar-refractivity contribution in [3.8, 4) is 0 Å². The van der Waals surface area contributed by atoms with E-state index in [9.17, 15) is 19.1 Å². The fraction of sp³-hybridized carbons (Fsp3) is 0.579. The van der Waals surface area contributed by atoms with Crippen molar-refractivity contribution in [3.05, 3.63) is 29.0 Å². The molecule has 0 bridgehead atoms. The lowest BCUT2D eigenvalue weighted by molar-refractivity contribution is -0.138. The zero-order valence-corrected chi connectivity index (χ0v) is 15.6. The van der Waals surface area contributed by atoms with Crippen molar-refractivity contribution >= 4 is 29.1 Å². The molecule has 1 aromatic rings. The molecule has 2 amide bonds. The number of amides is 2. The van der Waals surface area contributed by atoms with Gasteiger partial charge in [-0.2, -0.15) is 0 Å². The normalized spacial score (nSPS) is 22.8. The van der Waals surface area contributed by atoms with E-state index in [-0.39, 0.29) is 41.8 Å². The molecule has 2 aliphatic rings. The van der Waals surface area contributed by atoms with Crippen molar-refractivity contribution in [3.63, 3.8) is 0 Å².